The molecular formula is C17H26BrN5S. The van der Waals surface area contributed by atoms with Gasteiger partial charge < -0.3 is 14.8 Å². The number of guanidine groups is 1. The van der Waals surface area contributed by atoms with Crippen LogP contribution >= 0.6 is 27.3 Å². The van der Waals surface area contributed by atoms with Gasteiger partial charge in [0.2, 0.25) is 0 Å². The minimum atomic E-state index is 0.750. The maximum atomic E-state index is 4.75. The first kappa shape index (κ1) is 19.0. The molecule has 24 heavy (non-hydrogen) atoms. The van der Waals surface area contributed by atoms with Gasteiger partial charge in [-0.1, -0.05) is 6.92 Å². The molecule has 2 aromatic heterocycles. The lowest BCUT2D eigenvalue weighted by Gasteiger charge is -2.22. The van der Waals surface area contributed by atoms with E-state index < -0.39 is 0 Å². The Kier molecular flexibility index (Phi) is 7.30. The van der Waals surface area contributed by atoms with Crippen LogP contribution in [0.2, 0.25) is 0 Å². The summed E-state index contributed by atoms with van der Waals surface area (Å²) < 4.78 is 3.23. The molecule has 0 aromatic carbocycles. The predicted molar refractivity (Wildman–Crippen MR) is 106 cm³/mol. The largest absolute Gasteiger partial charge is 0.357 e. The monoisotopic (exact) mass is 411 g/mol. The summed E-state index contributed by atoms with van der Waals surface area (Å²) in [6.45, 7) is 6.68. The maximum absolute atomic E-state index is 4.75. The van der Waals surface area contributed by atoms with Crippen LogP contribution in [0.3, 0.4) is 0 Å². The zero-order valence-electron chi connectivity index (χ0n) is 14.8. The number of nitrogens with one attached hydrogen (secondary N) is 1. The van der Waals surface area contributed by atoms with Crippen molar-refractivity contribution < 1.29 is 0 Å². The van der Waals surface area contributed by atoms with Crippen LogP contribution in [0.1, 0.15) is 29.4 Å². The predicted octanol–water partition coefficient (Wildman–Crippen LogP) is 3.45. The minimum absolute atomic E-state index is 0.750. The molecule has 2 rings (SSSR count). The third-order valence-electron chi connectivity index (χ3n) is 3.71. The van der Waals surface area contributed by atoms with Gasteiger partial charge in [0, 0.05) is 61.0 Å². The molecule has 0 aliphatic heterocycles. The van der Waals surface area contributed by atoms with Gasteiger partial charge in [-0.15, -0.1) is 11.3 Å². The van der Waals surface area contributed by atoms with Crippen LogP contribution in [-0.2, 0) is 26.4 Å². The Labute approximate surface area is 156 Å². The van der Waals surface area contributed by atoms with E-state index in [1.54, 1.807) is 11.3 Å². The van der Waals surface area contributed by atoms with E-state index in [9.17, 15) is 0 Å². The number of aryl methyl sites for hydroxylation is 2. The molecule has 0 spiro atoms. The lowest BCUT2D eigenvalue weighted by atomic mass is 10.4. The van der Waals surface area contributed by atoms with Crippen LogP contribution in [-0.4, -0.2) is 40.5 Å². The highest BCUT2D eigenvalue weighted by Crippen LogP contribution is 2.15. The Morgan fingerprint density at radius 3 is 2.83 bits per heavy atom. The van der Waals surface area contributed by atoms with Gasteiger partial charge in [-0.3, -0.25) is 4.99 Å². The average Bonchev–Trinajstić information content (AvgIpc) is 3.13. The molecule has 0 saturated heterocycles. The van der Waals surface area contributed by atoms with Crippen LogP contribution in [0.4, 0.5) is 0 Å². The van der Waals surface area contributed by atoms with Crippen LogP contribution in [0.25, 0.3) is 0 Å². The molecule has 0 radical (unpaired) electrons. The second kappa shape index (κ2) is 9.22. The number of halogens is 1. The third kappa shape index (κ3) is 5.34. The molecule has 2 aromatic rings. The number of aliphatic imine (C=N–C) groups is 1. The van der Waals surface area contributed by atoms with E-state index in [0.29, 0.717) is 0 Å². The first-order valence-electron chi connectivity index (χ1n) is 8.27. The maximum Gasteiger partial charge on any atom is 0.194 e. The molecule has 0 aliphatic rings. The Balaban J connectivity index is 1.97. The summed E-state index contributed by atoms with van der Waals surface area (Å²) in [4.78, 5) is 12.7. The number of hydrogen-bond acceptors (Lipinski definition) is 3. The lowest BCUT2D eigenvalue weighted by molar-refractivity contribution is 0.462. The molecule has 0 fully saturated rings. The van der Waals surface area contributed by atoms with Gasteiger partial charge in [0.05, 0.1) is 11.6 Å². The highest BCUT2D eigenvalue weighted by atomic mass is 79.9. The van der Waals surface area contributed by atoms with Crippen molar-refractivity contribution in [2.75, 3.05) is 20.1 Å². The summed E-state index contributed by atoms with van der Waals surface area (Å²) in [7, 11) is 4.13. The zero-order valence-corrected chi connectivity index (χ0v) is 17.2. The molecule has 0 unspecified atom stereocenters. The fourth-order valence-corrected chi connectivity index (χ4v) is 3.82. The molecule has 1 N–H and O–H groups in total. The molecule has 7 heteroatoms. The zero-order chi connectivity index (χ0) is 17.5. The standard InChI is InChI=1S/C17H26BrN5S/c1-5-15-10-21-16(24-15)7-8-20-17(19-6-2)23(4)12-14-9-13(18)11-22(14)3/h9-11H,5-8,12H2,1-4H3,(H,19,20). The van der Waals surface area contributed by atoms with Crippen molar-refractivity contribution >= 4 is 33.2 Å². The molecule has 0 saturated carbocycles. The first-order chi connectivity index (χ1) is 11.5. The van der Waals surface area contributed by atoms with Crippen LogP contribution in [0.5, 0.6) is 0 Å². The Bertz CT molecular complexity index is 676. The summed E-state index contributed by atoms with van der Waals surface area (Å²) in [6, 6.07) is 2.14. The first-order valence-corrected chi connectivity index (χ1v) is 9.88. The molecule has 132 valence electrons. The summed E-state index contributed by atoms with van der Waals surface area (Å²) in [6.07, 6.45) is 6.00. The molecule has 0 amide bonds. The van der Waals surface area contributed by atoms with Crippen LogP contribution in [0, 0.1) is 0 Å². The Morgan fingerprint density at radius 1 is 1.46 bits per heavy atom. The van der Waals surface area contributed by atoms with Crippen molar-refractivity contribution in [2.45, 2.75) is 33.2 Å². The number of thiazole rings is 1. The van der Waals surface area contributed by atoms with Gasteiger partial charge in [0.25, 0.3) is 0 Å². The van der Waals surface area contributed by atoms with Gasteiger partial charge in [-0.25, -0.2) is 4.98 Å². The minimum Gasteiger partial charge on any atom is -0.357 e. The summed E-state index contributed by atoms with van der Waals surface area (Å²) >= 11 is 5.32. The van der Waals surface area contributed by atoms with Crippen LogP contribution in [0.15, 0.2) is 27.9 Å². The second-order valence-corrected chi connectivity index (χ2v) is 7.79. The fraction of sp³-hybridized carbons (Fsp3) is 0.529. The van der Waals surface area contributed by atoms with Crippen molar-refractivity contribution in [3.63, 3.8) is 0 Å². The Morgan fingerprint density at radius 2 is 2.25 bits per heavy atom. The van der Waals surface area contributed by atoms with Crippen molar-refractivity contribution in [1.29, 1.82) is 0 Å². The molecule has 0 aliphatic carbocycles. The highest BCUT2D eigenvalue weighted by Gasteiger charge is 2.09. The van der Waals surface area contributed by atoms with E-state index in [0.717, 1.165) is 42.9 Å². The molecule has 0 bridgehead atoms. The smallest absolute Gasteiger partial charge is 0.194 e. The molecule has 2 heterocycles. The summed E-state index contributed by atoms with van der Waals surface area (Å²) in [5.41, 5.74) is 1.24. The molecule has 0 atom stereocenters. The number of nitrogens with zero attached hydrogens (tertiary/aromatic N) is 4. The summed E-state index contributed by atoms with van der Waals surface area (Å²) in [5.74, 6) is 0.932. The number of hydrogen-bond donors (Lipinski definition) is 1. The third-order valence-corrected chi connectivity index (χ3v) is 5.34. The van der Waals surface area contributed by atoms with Gasteiger partial charge in [-0.05, 0) is 35.3 Å². The van der Waals surface area contributed by atoms with E-state index in [1.807, 2.05) is 6.20 Å². The van der Waals surface area contributed by atoms with Crippen molar-refractivity contribution in [2.24, 2.45) is 12.0 Å². The van der Waals surface area contributed by atoms with Crippen molar-refractivity contribution in [3.8, 4) is 0 Å². The molecular weight excluding hydrogens is 386 g/mol. The second-order valence-electron chi connectivity index (χ2n) is 5.68. The SMILES string of the molecule is CCNC(=NCCc1ncc(CC)s1)N(C)Cc1cc(Br)cn1C. The van der Waals surface area contributed by atoms with Crippen molar-refractivity contribution in [3.05, 3.63) is 38.5 Å². The van der Waals surface area contributed by atoms with Gasteiger partial charge in [-0.2, -0.15) is 0 Å². The van der Waals surface area contributed by atoms with E-state index >= 15 is 0 Å². The molecule has 5 nitrogen and oxygen atoms in total. The van der Waals surface area contributed by atoms with Gasteiger partial charge >= 0.3 is 0 Å². The summed E-state index contributed by atoms with van der Waals surface area (Å²) in [5, 5.41) is 4.54. The fourth-order valence-electron chi connectivity index (χ4n) is 2.40. The van der Waals surface area contributed by atoms with Gasteiger partial charge in [0.1, 0.15) is 0 Å². The van der Waals surface area contributed by atoms with E-state index in [-0.39, 0.29) is 0 Å². The normalized spacial score (nSPS) is 11.8. The Hall–Kier alpha value is -1.34. The van der Waals surface area contributed by atoms with E-state index in [2.05, 4.69) is 75.9 Å². The van der Waals surface area contributed by atoms with Crippen molar-refractivity contribution in [1.82, 2.24) is 19.8 Å². The topological polar surface area (TPSA) is 45.5 Å². The van der Waals surface area contributed by atoms with Crippen LogP contribution < -0.4 is 5.32 Å². The number of aromatic nitrogens is 2. The van der Waals surface area contributed by atoms with E-state index in [4.69, 9.17) is 4.99 Å². The quantitative estimate of drug-likeness (QED) is 0.560. The lowest BCUT2D eigenvalue weighted by Crippen LogP contribution is -2.39. The van der Waals surface area contributed by atoms with E-state index in [1.165, 1.54) is 15.6 Å². The van der Waals surface area contributed by atoms with Gasteiger partial charge in [0.15, 0.2) is 5.96 Å². The number of rotatable bonds is 7. The highest BCUT2D eigenvalue weighted by molar-refractivity contribution is 9.10. The average molecular weight is 412 g/mol.